The van der Waals surface area contributed by atoms with Gasteiger partial charge < -0.3 is 9.73 Å². The van der Waals surface area contributed by atoms with Gasteiger partial charge in [-0.3, -0.25) is 14.3 Å². The average molecular weight is 316 g/mol. The van der Waals surface area contributed by atoms with Crippen LogP contribution in [0.2, 0.25) is 0 Å². The van der Waals surface area contributed by atoms with Gasteiger partial charge in [0.15, 0.2) is 11.5 Å². The summed E-state index contributed by atoms with van der Waals surface area (Å²) in [6.45, 7) is 0.325. The molecule has 3 rings (SSSR count). The predicted molar refractivity (Wildman–Crippen MR) is 78.6 cm³/mol. The van der Waals surface area contributed by atoms with Gasteiger partial charge in [-0.1, -0.05) is 5.21 Å². The molecule has 0 unspecified atom stereocenters. The average Bonchev–Trinajstić information content (AvgIpc) is 3.25. The number of ketones is 1. The second kappa shape index (κ2) is 5.94. The number of aryl methyl sites for hydroxylation is 1. The van der Waals surface area contributed by atoms with Gasteiger partial charge in [0.25, 0.3) is 5.91 Å². The molecule has 3 aromatic heterocycles. The van der Waals surface area contributed by atoms with E-state index in [9.17, 15) is 9.59 Å². The Hall–Kier alpha value is -2.74. The van der Waals surface area contributed by atoms with E-state index < -0.39 is 0 Å². The molecule has 0 atom stereocenters. The topological polar surface area (TPSA) is 90.0 Å². The van der Waals surface area contributed by atoms with E-state index in [1.165, 1.54) is 28.5 Å². The minimum atomic E-state index is -0.305. The minimum absolute atomic E-state index is 0.165. The number of furan rings is 1. The molecule has 0 saturated heterocycles. The lowest BCUT2D eigenvalue weighted by molar-refractivity contribution is 0.0945. The van der Waals surface area contributed by atoms with Crippen molar-refractivity contribution >= 4 is 23.0 Å². The predicted octanol–water partition coefficient (Wildman–Crippen LogP) is 1.63. The van der Waals surface area contributed by atoms with Crippen molar-refractivity contribution in [3.05, 3.63) is 57.9 Å². The molecule has 0 spiro atoms. The molecule has 3 heterocycles. The van der Waals surface area contributed by atoms with E-state index in [0.29, 0.717) is 17.2 Å². The van der Waals surface area contributed by atoms with Crippen molar-refractivity contribution in [2.24, 2.45) is 7.05 Å². The number of nitrogens with one attached hydrogen (secondary N) is 1. The molecule has 0 aromatic carbocycles. The van der Waals surface area contributed by atoms with Gasteiger partial charge >= 0.3 is 0 Å². The standard InChI is InChI=1S/C14H12N4O3S/c1-18-8-10(16-17-18)14(20)15-7-9-4-5-12(22-9)13(19)11-3-2-6-21-11/h2-6,8H,7H2,1H3,(H,15,20). The minimum Gasteiger partial charge on any atom is -0.461 e. The van der Waals surface area contributed by atoms with Crippen molar-refractivity contribution in [3.63, 3.8) is 0 Å². The maximum atomic E-state index is 12.1. The zero-order valence-electron chi connectivity index (χ0n) is 11.6. The quantitative estimate of drug-likeness (QED) is 0.723. The Balaban J connectivity index is 1.62. The molecule has 112 valence electrons. The third-order valence-electron chi connectivity index (χ3n) is 2.89. The first-order valence-electron chi connectivity index (χ1n) is 6.45. The Bertz CT molecular complexity index is 804. The van der Waals surface area contributed by atoms with Gasteiger partial charge in [-0.15, -0.1) is 16.4 Å². The van der Waals surface area contributed by atoms with E-state index >= 15 is 0 Å². The van der Waals surface area contributed by atoms with Crippen LogP contribution in [0.5, 0.6) is 0 Å². The van der Waals surface area contributed by atoms with E-state index in [1.807, 2.05) is 0 Å². The summed E-state index contributed by atoms with van der Waals surface area (Å²) in [6.07, 6.45) is 3.00. The van der Waals surface area contributed by atoms with E-state index in [-0.39, 0.29) is 17.4 Å². The third kappa shape index (κ3) is 2.96. The fourth-order valence-corrected chi connectivity index (χ4v) is 2.73. The van der Waals surface area contributed by atoms with E-state index in [4.69, 9.17) is 4.42 Å². The second-order valence-corrected chi connectivity index (χ2v) is 5.70. The van der Waals surface area contributed by atoms with Gasteiger partial charge in [-0.2, -0.15) is 0 Å². The van der Waals surface area contributed by atoms with Gasteiger partial charge in [0.05, 0.1) is 23.9 Å². The molecule has 0 saturated carbocycles. The maximum absolute atomic E-state index is 12.1. The van der Waals surface area contributed by atoms with Crippen molar-refractivity contribution in [1.82, 2.24) is 20.3 Å². The van der Waals surface area contributed by atoms with E-state index in [2.05, 4.69) is 15.6 Å². The van der Waals surface area contributed by atoms with Crippen molar-refractivity contribution in [3.8, 4) is 0 Å². The monoisotopic (exact) mass is 316 g/mol. The van der Waals surface area contributed by atoms with Gasteiger partial charge in [-0.05, 0) is 24.3 Å². The molecule has 0 fully saturated rings. The van der Waals surface area contributed by atoms with Crippen LogP contribution in [0, 0.1) is 0 Å². The lowest BCUT2D eigenvalue weighted by Crippen LogP contribution is -2.22. The Morgan fingerprint density at radius 3 is 2.91 bits per heavy atom. The first-order valence-corrected chi connectivity index (χ1v) is 7.26. The molecule has 0 radical (unpaired) electrons. The fourth-order valence-electron chi connectivity index (χ4n) is 1.83. The Morgan fingerprint density at radius 2 is 2.23 bits per heavy atom. The SMILES string of the molecule is Cn1cc(C(=O)NCc2ccc(C(=O)c3ccco3)s2)nn1. The fraction of sp³-hybridized carbons (Fsp3) is 0.143. The Labute approximate surface area is 129 Å². The van der Waals surface area contributed by atoms with Crippen LogP contribution >= 0.6 is 11.3 Å². The van der Waals surface area contributed by atoms with Crippen LogP contribution in [0.1, 0.15) is 30.8 Å². The zero-order chi connectivity index (χ0) is 15.5. The summed E-state index contributed by atoms with van der Waals surface area (Å²) in [4.78, 5) is 25.4. The molecule has 0 aliphatic heterocycles. The molecular formula is C14H12N4O3S. The van der Waals surface area contributed by atoms with Crippen LogP contribution in [-0.2, 0) is 13.6 Å². The normalized spacial score (nSPS) is 10.6. The Kier molecular flexibility index (Phi) is 3.84. The molecule has 0 aliphatic carbocycles. The van der Waals surface area contributed by atoms with Gasteiger partial charge in [-0.25, -0.2) is 0 Å². The second-order valence-electron chi connectivity index (χ2n) is 4.53. The highest BCUT2D eigenvalue weighted by molar-refractivity contribution is 7.14. The summed E-state index contributed by atoms with van der Waals surface area (Å²) in [6, 6.07) is 6.82. The molecule has 22 heavy (non-hydrogen) atoms. The number of hydrogen-bond donors (Lipinski definition) is 1. The number of aromatic nitrogens is 3. The van der Waals surface area contributed by atoms with Crippen LogP contribution in [-0.4, -0.2) is 26.7 Å². The number of nitrogens with zero attached hydrogens (tertiary/aromatic N) is 3. The summed E-state index contributed by atoms with van der Waals surface area (Å²) in [5, 5.41) is 10.2. The highest BCUT2D eigenvalue weighted by Gasteiger charge is 2.15. The van der Waals surface area contributed by atoms with Crippen LogP contribution in [0.4, 0.5) is 0 Å². The molecule has 0 aliphatic rings. The summed E-state index contributed by atoms with van der Waals surface area (Å²) < 4.78 is 6.55. The smallest absolute Gasteiger partial charge is 0.273 e. The number of hydrogen-bond acceptors (Lipinski definition) is 6. The van der Waals surface area contributed by atoms with Crippen molar-refractivity contribution < 1.29 is 14.0 Å². The summed E-state index contributed by atoms with van der Waals surface area (Å²) in [5.74, 6) is -0.168. The van der Waals surface area contributed by atoms with Crippen LogP contribution < -0.4 is 5.32 Å². The van der Waals surface area contributed by atoms with Crippen molar-refractivity contribution in [1.29, 1.82) is 0 Å². The number of thiophene rings is 1. The molecule has 7 nitrogen and oxygen atoms in total. The number of carbonyl (C=O) groups is 2. The first-order chi connectivity index (χ1) is 10.6. The number of amides is 1. The first kappa shape index (κ1) is 14.2. The van der Waals surface area contributed by atoms with Crippen molar-refractivity contribution in [2.75, 3.05) is 0 Å². The Morgan fingerprint density at radius 1 is 1.36 bits per heavy atom. The molecule has 8 heteroatoms. The molecule has 1 N–H and O–H groups in total. The molecular weight excluding hydrogens is 304 g/mol. The molecule has 3 aromatic rings. The lowest BCUT2D eigenvalue weighted by atomic mass is 10.2. The van der Waals surface area contributed by atoms with Crippen LogP contribution in [0.25, 0.3) is 0 Å². The summed E-state index contributed by atoms with van der Waals surface area (Å²) in [7, 11) is 1.69. The lowest BCUT2D eigenvalue weighted by Gasteiger charge is -1.99. The third-order valence-corrected chi connectivity index (χ3v) is 3.97. The van der Waals surface area contributed by atoms with E-state index in [1.54, 1.807) is 31.3 Å². The highest BCUT2D eigenvalue weighted by atomic mass is 32.1. The zero-order valence-corrected chi connectivity index (χ0v) is 12.5. The summed E-state index contributed by atoms with van der Waals surface area (Å²) >= 11 is 1.32. The molecule has 0 bridgehead atoms. The number of carbonyl (C=O) groups excluding carboxylic acids is 2. The van der Waals surface area contributed by atoms with Crippen LogP contribution in [0.3, 0.4) is 0 Å². The molecule has 1 amide bonds. The van der Waals surface area contributed by atoms with Gasteiger partial charge in [0, 0.05) is 11.9 Å². The van der Waals surface area contributed by atoms with Crippen LogP contribution in [0.15, 0.2) is 41.1 Å². The van der Waals surface area contributed by atoms with Crippen molar-refractivity contribution in [2.45, 2.75) is 6.54 Å². The maximum Gasteiger partial charge on any atom is 0.273 e. The highest BCUT2D eigenvalue weighted by Crippen LogP contribution is 2.20. The largest absolute Gasteiger partial charge is 0.461 e. The van der Waals surface area contributed by atoms with Gasteiger partial charge in [0.1, 0.15) is 0 Å². The van der Waals surface area contributed by atoms with Gasteiger partial charge in [0.2, 0.25) is 5.78 Å². The summed E-state index contributed by atoms with van der Waals surface area (Å²) in [5.41, 5.74) is 0.256. The van der Waals surface area contributed by atoms with E-state index in [0.717, 1.165) is 4.88 Å². The number of rotatable bonds is 5.